The maximum absolute atomic E-state index is 6.05. The van der Waals surface area contributed by atoms with Crippen molar-refractivity contribution in [3.63, 3.8) is 0 Å². The first-order valence-electron chi connectivity index (χ1n) is 7.92. The van der Waals surface area contributed by atoms with Gasteiger partial charge in [0.2, 0.25) is 0 Å². The number of para-hydroxylation sites is 1. The molecule has 0 bridgehead atoms. The van der Waals surface area contributed by atoms with E-state index in [2.05, 4.69) is 24.8 Å². The van der Waals surface area contributed by atoms with E-state index in [0.29, 0.717) is 0 Å². The van der Waals surface area contributed by atoms with Crippen LogP contribution < -0.4 is 9.80 Å². The topological polar surface area (TPSA) is 58.3 Å². The molecule has 4 heterocycles. The van der Waals surface area contributed by atoms with Crippen molar-refractivity contribution in [2.75, 3.05) is 36.0 Å². The fourth-order valence-corrected chi connectivity index (χ4v) is 3.92. The van der Waals surface area contributed by atoms with Crippen molar-refractivity contribution >= 4 is 44.4 Å². The van der Waals surface area contributed by atoms with Crippen LogP contribution in [0.1, 0.15) is 0 Å². The maximum Gasteiger partial charge on any atom is 0.196 e. The summed E-state index contributed by atoms with van der Waals surface area (Å²) in [6, 6.07) is 8.00. The average molecular weight is 337 g/mol. The fourth-order valence-electron chi connectivity index (χ4n) is 3.22. The van der Waals surface area contributed by atoms with Gasteiger partial charge in [0, 0.05) is 43.1 Å². The van der Waals surface area contributed by atoms with Crippen molar-refractivity contribution in [1.82, 2.24) is 15.0 Å². The lowest BCUT2D eigenvalue weighted by Gasteiger charge is -2.35. The van der Waals surface area contributed by atoms with Crippen LogP contribution >= 0.6 is 11.3 Å². The number of aromatic nitrogens is 3. The molecule has 7 heteroatoms. The smallest absolute Gasteiger partial charge is 0.196 e. The van der Waals surface area contributed by atoms with E-state index in [1.807, 2.05) is 35.8 Å². The van der Waals surface area contributed by atoms with Crippen molar-refractivity contribution in [3.05, 3.63) is 42.2 Å². The van der Waals surface area contributed by atoms with E-state index in [9.17, 15) is 0 Å². The van der Waals surface area contributed by atoms with E-state index < -0.39 is 0 Å². The van der Waals surface area contributed by atoms with Gasteiger partial charge in [-0.25, -0.2) is 15.0 Å². The zero-order chi connectivity index (χ0) is 15.9. The normalized spacial score (nSPS) is 15.5. The third-order valence-electron chi connectivity index (χ3n) is 4.41. The van der Waals surface area contributed by atoms with Gasteiger partial charge in [-0.3, -0.25) is 0 Å². The van der Waals surface area contributed by atoms with E-state index in [-0.39, 0.29) is 0 Å². The summed E-state index contributed by atoms with van der Waals surface area (Å²) in [6.45, 7) is 3.64. The molecule has 1 aliphatic heterocycles. The van der Waals surface area contributed by atoms with Crippen LogP contribution in [0, 0.1) is 0 Å². The minimum atomic E-state index is 0.779. The first kappa shape index (κ1) is 13.7. The van der Waals surface area contributed by atoms with Crippen LogP contribution in [0.25, 0.3) is 22.1 Å². The van der Waals surface area contributed by atoms with Crippen molar-refractivity contribution in [2.45, 2.75) is 0 Å². The highest BCUT2D eigenvalue weighted by Crippen LogP contribution is 2.32. The number of anilines is 2. The molecule has 3 aromatic heterocycles. The van der Waals surface area contributed by atoms with Crippen molar-refractivity contribution in [3.8, 4) is 0 Å². The van der Waals surface area contributed by atoms with Gasteiger partial charge >= 0.3 is 0 Å². The molecule has 0 unspecified atom stereocenters. The molecule has 4 aromatic rings. The van der Waals surface area contributed by atoms with Gasteiger partial charge in [0.05, 0.1) is 0 Å². The molecule has 0 saturated carbocycles. The summed E-state index contributed by atoms with van der Waals surface area (Å²) in [7, 11) is 0. The second-order valence-electron chi connectivity index (χ2n) is 5.76. The highest BCUT2D eigenvalue weighted by Gasteiger charge is 2.23. The Kier molecular flexibility index (Phi) is 3.12. The fraction of sp³-hybridized carbons (Fsp3) is 0.235. The largest absolute Gasteiger partial charge is 0.450 e. The molecule has 5 rings (SSSR count). The lowest BCUT2D eigenvalue weighted by molar-refractivity contribution is 0.628. The van der Waals surface area contributed by atoms with Crippen LogP contribution in [0.2, 0.25) is 0 Å². The number of piperazine rings is 1. The van der Waals surface area contributed by atoms with Gasteiger partial charge in [0.1, 0.15) is 17.4 Å². The molecule has 1 aromatic carbocycles. The Morgan fingerprint density at radius 1 is 0.958 bits per heavy atom. The number of hydrogen-bond acceptors (Lipinski definition) is 7. The molecule has 0 N–H and O–H groups in total. The lowest BCUT2D eigenvalue weighted by atomic mass is 10.2. The van der Waals surface area contributed by atoms with Crippen molar-refractivity contribution < 1.29 is 4.42 Å². The maximum atomic E-state index is 6.05. The molecule has 24 heavy (non-hydrogen) atoms. The lowest BCUT2D eigenvalue weighted by Crippen LogP contribution is -2.46. The summed E-state index contributed by atoms with van der Waals surface area (Å²) in [6.07, 6.45) is 3.49. The molecule has 0 atom stereocenters. The Morgan fingerprint density at radius 2 is 1.79 bits per heavy atom. The molecular weight excluding hydrogens is 322 g/mol. The predicted octanol–water partition coefficient (Wildman–Crippen LogP) is 3.16. The van der Waals surface area contributed by atoms with E-state index >= 15 is 0 Å². The minimum Gasteiger partial charge on any atom is -0.450 e. The third-order valence-corrected chi connectivity index (χ3v) is 5.24. The summed E-state index contributed by atoms with van der Waals surface area (Å²) in [4.78, 5) is 17.9. The quantitative estimate of drug-likeness (QED) is 0.560. The number of rotatable bonds is 2. The Bertz CT molecular complexity index is 989. The molecule has 0 radical (unpaired) electrons. The highest BCUT2D eigenvalue weighted by atomic mass is 32.1. The van der Waals surface area contributed by atoms with Crippen LogP contribution in [0.4, 0.5) is 10.9 Å². The molecule has 0 aliphatic carbocycles. The Balaban J connectivity index is 1.49. The SMILES string of the molecule is c1ccc2c(c1)oc1c(N3CCN(c4nccs4)CC3)ncnc12. The van der Waals surface area contributed by atoms with Crippen LogP contribution in [-0.4, -0.2) is 41.1 Å². The number of thiazole rings is 1. The highest BCUT2D eigenvalue weighted by molar-refractivity contribution is 7.13. The Labute approximate surface area is 142 Å². The van der Waals surface area contributed by atoms with Crippen LogP contribution in [0.3, 0.4) is 0 Å². The molecule has 0 spiro atoms. The van der Waals surface area contributed by atoms with Gasteiger partial charge < -0.3 is 14.2 Å². The summed E-state index contributed by atoms with van der Waals surface area (Å²) >= 11 is 1.68. The van der Waals surface area contributed by atoms with Crippen LogP contribution in [-0.2, 0) is 0 Å². The van der Waals surface area contributed by atoms with Gasteiger partial charge in [-0.05, 0) is 12.1 Å². The average Bonchev–Trinajstić information content (AvgIpc) is 3.29. The molecule has 1 fully saturated rings. The van der Waals surface area contributed by atoms with E-state index in [1.54, 1.807) is 17.7 Å². The summed E-state index contributed by atoms with van der Waals surface area (Å²) in [5.41, 5.74) is 2.52. The monoisotopic (exact) mass is 337 g/mol. The standard InChI is InChI=1S/C17H15N5OS/c1-2-4-13-12(3-1)14-15(23-13)16(20-11-19-14)21-6-8-22(9-7-21)17-18-5-10-24-17/h1-5,10-11H,6-9H2. The van der Waals surface area contributed by atoms with Crippen molar-refractivity contribution in [1.29, 1.82) is 0 Å². The van der Waals surface area contributed by atoms with Crippen molar-refractivity contribution in [2.24, 2.45) is 0 Å². The second-order valence-corrected chi connectivity index (χ2v) is 6.64. The first-order valence-corrected chi connectivity index (χ1v) is 8.80. The van der Waals surface area contributed by atoms with E-state index in [1.165, 1.54) is 0 Å². The number of nitrogens with zero attached hydrogens (tertiary/aromatic N) is 5. The van der Waals surface area contributed by atoms with Gasteiger partial charge in [0.15, 0.2) is 16.5 Å². The second kappa shape index (κ2) is 5.45. The predicted molar refractivity (Wildman–Crippen MR) is 95.9 cm³/mol. The number of fused-ring (bicyclic) bond motifs is 3. The summed E-state index contributed by atoms with van der Waals surface area (Å²) in [5.74, 6) is 0.884. The molecule has 1 aliphatic rings. The Morgan fingerprint density at radius 3 is 2.62 bits per heavy atom. The summed E-state index contributed by atoms with van der Waals surface area (Å²) < 4.78 is 6.05. The first-order chi connectivity index (χ1) is 11.9. The van der Waals surface area contributed by atoms with Gasteiger partial charge in [-0.1, -0.05) is 12.1 Å². The van der Waals surface area contributed by atoms with E-state index in [4.69, 9.17) is 4.42 Å². The minimum absolute atomic E-state index is 0.779. The molecular formula is C17H15N5OS. The van der Waals surface area contributed by atoms with E-state index in [0.717, 1.165) is 59.2 Å². The van der Waals surface area contributed by atoms with Crippen LogP contribution in [0.5, 0.6) is 0 Å². The third kappa shape index (κ3) is 2.12. The molecule has 6 nitrogen and oxygen atoms in total. The van der Waals surface area contributed by atoms with Gasteiger partial charge in [0.25, 0.3) is 0 Å². The molecule has 0 amide bonds. The molecule has 1 saturated heterocycles. The zero-order valence-corrected chi connectivity index (χ0v) is 13.7. The number of hydrogen-bond donors (Lipinski definition) is 0. The Hall–Kier alpha value is -2.67. The summed E-state index contributed by atoms with van der Waals surface area (Å²) in [5, 5.41) is 4.15. The number of furan rings is 1. The molecule has 120 valence electrons. The van der Waals surface area contributed by atoms with Gasteiger partial charge in [-0.2, -0.15) is 0 Å². The van der Waals surface area contributed by atoms with Gasteiger partial charge in [-0.15, -0.1) is 11.3 Å². The number of benzene rings is 1. The van der Waals surface area contributed by atoms with Crippen LogP contribution in [0.15, 0.2) is 46.6 Å². The zero-order valence-electron chi connectivity index (χ0n) is 12.9.